The Balaban J connectivity index is 2.00. The van der Waals surface area contributed by atoms with Crippen LogP contribution < -0.4 is 0 Å². The lowest BCUT2D eigenvalue weighted by atomic mass is 9.43. The van der Waals surface area contributed by atoms with Crippen molar-refractivity contribution in [1.29, 1.82) is 0 Å². The fraction of sp³-hybridized carbons (Fsp3) is 0.900. The van der Waals surface area contributed by atoms with Crippen LogP contribution in [-0.2, 0) is 4.74 Å². The number of ether oxygens (including phenoxy) is 1. The summed E-state index contributed by atoms with van der Waals surface area (Å²) in [5.74, 6) is 0.935. The third kappa shape index (κ3) is 2.21. The summed E-state index contributed by atoms with van der Waals surface area (Å²) in [6.45, 7) is 15.5. The predicted octanol–water partition coefficient (Wildman–Crippen LogP) is 4.71. The summed E-state index contributed by atoms with van der Waals surface area (Å²) in [5, 5.41) is 11.0. The molecule has 0 bridgehead atoms. The van der Waals surface area contributed by atoms with Crippen LogP contribution in [0.2, 0.25) is 0 Å². The minimum atomic E-state index is -0.256. The van der Waals surface area contributed by atoms with Gasteiger partial charge in [-0.15, -0.1) is 6.58 Å². The summed E-state index contributed by atoms with van der Waals surface area (Å²) in [5.41, 5.74) is -0.0404. The van der Waals surface area contributed by atoms with Gasteiger partial charge in [-0.05, 0) is 62.2 Å². The van der Waals surface area contributed by atoms with E-state index >= 15 is 0 Å². The number of aliphatic hydroxyl groups is 1. The van der Waals surface area contributed by atoms with Crippen molar-refractivity contribution in [3.63, 3.8) is 0 Å². The van der Waals surface area contributed by atoms with Gasteiger partial charge in [0.05, 0.1) is 17.3 Å². The Kier molecular flexibility index (Phi) is 3.63. The standard InChI is InChI=1S/C20H34O2/c1-7-18(4)12-9-15-19(5)11-8-10-17(2,3)16(19)14(21)13-20(15,6)22-18/h7,14-16,21H,1,8-13H2,2-6H3/t14-,15+,16-,18+,19+,20+/m0/s1. The number of aliphatic hydroxyl groups excluding tert-OH is 1. The second-order valence-electron chi connectivity index (χ2n) is 9.62. The molecule has 2 saturated carbocycles. The molecule has 1 aliphatic heterocycles. The smallest absolute Gasteiger partial charge is 0.0839 e. The molecule has 126 valence electrons. The molecule has 0 aromatic heterocycles. The van der Waals surface area contributed by atoms with Crippen molar-refractivity contribution in [2.24, 2.45) is 22.7 Å². The van der Waals surface area contributed by atoms with Crippen molar-refractivity contribution in [1.82, 2.24) is 0 Å². The first-order chi connectivity index (χ1) is 10.1. The molecule has 1 saturated heterocycles. The van der Waals surface area contributed by atoms with Gasteiger partial charge >= 0.3 is 0 Å². The van der Waals surface area contributed by atoms with Crippen molar-refractivity contribution in [3.8, 4) is 0 Å². The maximum absolute atomic E-state index is 11.0. The maximum atomic E-state index is 11.0. The van der Waals surface area contributed by atoms with Gasteiger partial charge in [-0.3, -0.25) is 0 Å². The SMILES string of the molecule is C=C[C@]1(C)CC[C@@H]2[C@@]3(C)CCCC(C)(C)[C@@H]3[C@@H](O)C[C@@]2(C)O1. The van der Waals surface area contributed by atoms with Crippen LogP contribution in [0.5, 0.6) is 0 Å². The van der Waals surface area contributed by atoms with E-state index in [0.29, 0.717) is 11.8 Å². The highest BCUT2D eigenvalue weighted by atomic mass is 16.5. The molecule has 0 aromatic rings. The molecule has 2 heteroatoms. The highest BCUT2D eigenvalue weighted by Crippen LogP contribution is 2.65. The van der Waals surface area contributed by atoms with Crippen molar-refractivity contribution in [3.05, 3.63) is 12.7 Å². The van der Waals surface area contributed by atoms with Gasteiger partial charge in [0.25, 0.3) is 0 Å². The first-order valence-electron chi connectivity index (χ1n) is 9.08. The molecule has 2 nitrogen and oxygen atoms in total. The lowest BCUT2D eigenvalue weighted by Gasteiger charge is -2.66. The molecular formula is C20H34O2. The number of hydrogen-bond donors (Lipinski definition) is 1. The largest absolute Gasteiger partial charge is 0.393 e. The van der Waals surface area contributed by atoms with E-state index in [1.165, 1.54) is 25.7 Å². The summed E-state index contributed by atoms with van der Waals surface area (Å²) in [7, 11) is 0. The first kappa shape index (κ1) is 16.5. The molecule has 0 unspecified atom stereocenters. The van der Waals surface area contributed by atoms with Crippen LogP contribution >= 0.6 is 0 Å². The Hall–Kier alpha value is -0.340. The maximum Gasteiger partial charge on any atom is 0.0839 e. The van der Waals surface area contributed by atoms with Crippen LogP contribution in [0.25, 0.3) is 0 Å². The highest BCUT2D eigenvalue weighted by Gasteiger charge is 2.64. The van der Waals surface area contributed by atoms with Gasteiger partial charge in [0.15, 0.2) is 0 Å². The second kappa shape index (κ2) is 4.83. The third-order valence-corrected chi connectivity index (χ3v) is 7.45. The zero-order chi connectivity index (χ0) is 16.4. The van der Waals surface area contributed by atoms with E-state index in [9.17, 15) is 5.11 Å². The fourth-order valence-corrected chi connectivity index (χ4v) is 6.76. The van der Waals surface area contributed by atoms with Crippen molar-refractivity contribution < 1.29 is 9.84 Å². The van der Waals surface area contributed by atoms with E-state index in [1.54, 1.807) is 0 Å². The van der Waals surface area contributed by atoms with Gasteiger partial charge in [0, 0.05) is 6.42 Å². The Bertz CT molecular complexity index is 470. The summed E-state index contributed by atoms with van der Waals surface area (Å²) in [6, 6.07) is 0. The van der Waals surface area contributed by atoms with Gasteiger partial charge in [0.2, 0.25) is 0 Å². The van der Waals surface area contributed by atoms with E-state index in [-0.39, 0.29) is 28.1 Å². The molecule has 0 spiro atoms. The van der Waals surface area contributed by atoms with Crippen LogP contribution in [0.1, 0.15) is 73.1 Å². The molecule has 0 radical (unpaired) electrons. The Labute approximate surface area is 136 Å². The Morgan fingerprint density at radius 2 is 1.77 bits per heavy atom. The monoisotopic (exact) mass is 306 g/mol. The average Bonchev–Trinajstić information content (AvgIpc) is 2.35. The molecule has 3 fully saturated rings. The van der Waals surface area contributed by atoms with Crippen LogP contribution in [0.4, 0.5) is 0 Å². The third-order valence-electron chi connectivity index (χ3n) is 7.45. The lowest BCUT2D eigenvalue weighted by Crippen LogP contribution is -2.66. The predicted molar refractivity (Wildman–Crippen MR) is 90.7 cm³/mol. The van der Waals surface area contributed by atoms with Crippen LogP contribution in [0.3, 0.4) is 0 Å². The van der Waals surface area contributed by atoms with Crippen molar-refractivity contribution >= 4 is 0 Å². The van der Waals surface area contributed by atoms with Crippen LogP contribution in [-0.4, -0.2) is 22.4 Å². The summed E-state index contributed by atoms with van der Waals surface area (Å²) in [4.78, 5) is 0. The minimum Gasteiger partial charge on any atom is -0.393 e. The number of fused-ring (bicyclic) bond motifs is 3. The molecule has 0 amide bonds. The van der Waals surface area contributed by atoms with E-state index in [0.717, 1.165) is 12.8 Å². The zero-order valence-corrected chi connectivity index (χ0v) is 15.1. The molecule has 1 N–H and O–H groups in total. The van der Waals surface area contributed by atoms with E-state index < -0.39 is 0 Å². The van der Waals surface area contributed by atoms with Crippen molar-refractivity contribution in [2.75, 3.05) is 0 Å². The zero-order valence-electron chi connectivity index (χ0n) is 15.1. The van der Waals surface area contributed by atoms with Gasteiger partial charge in [0.1, 0.15) is 0 Å². The second-order valence-corrected chi connectivity index (χ2v) is 9.62. The quantitative estimate of drug-likeness (QED) is 0.711. The molecule has 3 aliphatic rings. The van der Waals surface area contributed by atoms with Gasteiger partial charge < -0.3 is 9.84 Å². The summed E-state index contributed by atoms with van der Waals surface area (Å²) < 4.78 is 6.59. The number of hydrogen-bond acceptors (Lipinski definition) is 2. The van der Waals surface area contributed by atoms with Crippen molar-refractivity contribution in [2.45, 2.75) is 90.4 Å². The van der Waals surface area contributed by atoms with Gasteiger partial charge in [-0.25, -0.2) is 0 Å². The topological polar surface area (TPSA) is 29.5 Å². The van der Waals surface area contributed by atoms with Crippen LogP contribution in [0.15, 0.2) is 12.7 Å². The molecule has 22 heavy (non-hydrogen) atoms. The summed E-state index contributed by atoms with van der Waals surface area (Å²) in [6.07, 6.45) is 8.45. The van der Waals surface area contributed by atoms with E-state index in [4.69, 9.17) is 4.74 Å². The molecule has 2 aliphatic carbocycles. The van der Waals surface area contributed by atoms with Gasteiger partial charge in [-0.2, -0.15) is 0 Å². The van der Waals surface area contributed by atoms with Crippen LogP contribution in [0, 0.1) is 22.7 Å². The van der Waals surface area contributed by atoms with E-state index in [2.05, 4.69) is 41.2 Å². The minimum absolute atomic E-state index is 0.191. The molecular weight excluding hydrogens is 272 g/mol. The first-order valence-corrected chi connectivity index (χ1v) is 9.08. The van der Waals surface area contributed by atoms with Gasteiger partial charge in [-0.1, -0.05) is 33.3 Å². The van der Waals surface area contributed by atoms with E-state index in [1.807, 2.05) is 6.08 Å². The lowest BCUT2D eigenvalue weighted by molar-refractivity contribution is -0.277. The Morgan fingerprint density at radius 3 is 2.41 bits per heavy atom. The summed E-state index contributed by atoms with van der Waals surface area (Å²) >= 11 is 0. The normalized spacial score (nSPS) is 54.2. The Morgan fingerprint density at radius 1 is 1.09 bits per heavy atom. The molecule has 6 atom stereocenters. The molecule has 3 rings (SSSR count). The fourth-order valence-electron chi connectivity index (χ4n) is 6.76. The molecule has 1 heterocycles. The average molecular weight is 306 g/mol. The highest BCUT2D eigenvalue weighted by molar-refractivity contribution is 5.14. The molecule has 0 aromatic carbocycles. The number of rotatable bonds is 1.